The third-order valence-corrected chi connectivity index (χ3v) is 3.48. The van der Waals surface area contributed by atoms with E-state index in [1.54, 1.807) is 0 Å². The van der Waals surface area contributed by atoms with Crippen LogP contribution in [0.25, 0.3) is 0 Å². The molecule has 0 unspecified atom stereocenters. The van der Waals surface area contributed by atoms with E-state index in [1.165, 1.54) is 11.1 Å². The molecule has 0 heterocycles. The number of anilines is 1. The molecule has 20 heavy (non-hydrogen) atoms. The van der Waals surface area contributed by atoms with E-state index in [1.807, 2.05) is 19.9 Å². The molecule has 1 amide bonds. The minimum absolute atomic E-state index is 0.00171. The number of carbonyl (C=O) groups excluding carboxylic acids is 1. The zero-order valence-electron chi connectivity index (χ0n) is 13.6. The normalized spacial score (nSPS) is 12.1. The second-order valence-corrected chi connectivity index (χ2v) is 5.87. The Kier molecular flexibility index (Phi) is 6.00. The third kappa shape index (κ3) is 3.96. The monoisotopic (exact) mass is 273 g/mol. The second-order valence-electron chi connectivity index (χ2n) is 5.87. The number of hydrogen-bond acceptors (Lipinski definition) is 1. The Hall–Kier alpha value is -1.57. The first kappa shape index (κ1) is 16.5. The summed E-state index contributed by atoms with van der Waals surface area (Å²) < 4.78 is 0. The number of benzene rings is 1. The van der Waals surface area contributed by atoms with Gasteiger partial charge in [-0.15, -0.1) is 0 Å². The molecule has 1 N–H and O–H groups in total. The van der Waals surface area contributed by atoms with Gasteiger partial charge in [0.05, 0.1) is 0 Å². The second kappa shape index (κ2) is 7.28. The molecule has 0 radical (unpaired) electrons. The third-order valence-electron chi connectivity index (χ3n) is 3.48. The van der Waals surface area contributed by atoms with Gasteiger partial charge in [-0.05, 0) is 36.3 Å². The van der Waals surface area contributed by atoms with Crippen molar-refractivity contribution in [2.24, 2.45) is 0 Å². The van der Waals surface area contributed by atoms with E-state index in [-0.39, 0.29) is 5.91 Å². The molecule has 1 aromatic carbocycles. The van der Waals surface area contributed by atoms with Gasteiger partial charge < -0.3 is 5.32 Å². The molecule has 110 valence electrons. The molecule has 0 saturated carbocycles. The molecular weight excluding hydrogens is 246 g/mol. The van der Waals surface area contributed by atoms with Crippen LogP contribution < -0.4 is 5.32 Å². The van der Waals surface area contributed by atoms with E-state index in [0.29, 0.717) is 11.8 Å². The van der Waals surface area contributed by atoms with Gasteiger partial charge >= 0.3 is 0 Å². The Bertz CT molecular complexity index is 472. The van der Waals surface area contributed by atoms with Gasteiger partial charge in [0, 0.05) is 11.3 Å². The highest BCUT2D eigenvalue weighted by molar-refractivity contribution is 6.04. The average molecular weight is 273 g/mol. The quantitative estimate of drug-likeness (QED) is 0.731. The van der Waals surface area contributed by atoms with Crippen LogP contribution in [-0.2, 0) is 4.79 Å². The summed E-state index contributed by atoms with van der Waals surface area (Å²) in [6, 6.07) is 6.28. The van der Waals surface area contributed by atoms with Crippen LogP contribution in [-0.4, -0.2) is 5.91 Å². The van der Waals surface area contributed by atoms with Crippen molar-refractivity contribution in [2.75, 3.05) is 5.32 Å². The number of rotatable bonds is 5. The van der Waals surface area contributed by atoms with Gasteiger partial charge in [-0.2, -0.15) is 0 Å². The van der Waals surface area contributed by atoms with Gasteiger partial charge in [-0.25, -0.2) is 0 Å². The maximum atomic E-state index is 12.3. The van der Waals surface area contributed by atoms with Crippen LogP contribution in [0.4, 0.5) is 5.69 Å². The SMILES string of the molecule is CC/C=C(/C)C(=O)Nc1c(C(C)C)cccc1C(C)C. The molecule has 0 bridgehead atoms. The van der Waals surface area contributed by atoms with E-state index in [2.05, 4.69) is 51.2 Å². The molecular formula is C18H27NO. The Morgan fingerprint density at radius 3 is 2.05 bits per heavy atom. The molecule has 1 aromatic rings. The highest BCUT2D eigenvalue weighted by atomic mass is 16.1. The molecule has 0 aromatic heterocycles. The van der Waals surface area contributed by atoms with E-state index >= 15 is 0 Å². The number of hydrogen-bond donors (Lipinski definition) is 1. The van der Waals surface area contributed by atoms with Gasteiger partial charge in [0.15, 0.2) is 0 Å². The Labute approximate surface area is 123 Å². The standard InChI is InChI=1S/C18H27NO/c1-7-9-14(6)18(20)19-17-15(12(2)3)10-8-11-16(17)13(4)5/h8-13H,7H2,1-6H3,(H,19,20)/b14-9-. The minimum atomic E-state index is 0.00171. The summed E-state index contributed by atoms with van der Waals surface area (Å²) in [7, 11) is 0. The van der Waals surface area contributed by atoms with Crippen LogP contribution in [0.3, 0.4) is 0 Å². The predicted molar refractivity (Wildman–Crippen MR) is 87.3 cm³/mol. The lowest BCUT2D eigenvalue weighted by atomic mass is 9.92. The fraction of sp³-hybridized carbons (Fsp3) is 0.500. The number of carbonyl (C=O) groups is 1. The first-order chi connectivity index (χ1) is 9.38. The van der Waals surface area contributed by atoms with Crippen molar-refractivity contribution < 1.29 is 4.79 Å². The lowest BCUT2D eigenvalue weighted by molar-refractivity contribution is -0.112. The number of amides is 1. The summed E-state index contributed by atoms with van der Waals surface area (Å²) in [4.78, 5) is 12.3. The first-order valence-electron chi connectivity index (χ1n) is 7.49. The van der Waals surface area contributed by atoms with Crippen LogP contribution >= 0.6 is 0 Å². The largest absolute Gasteiger partial charge is 0.322 e. The molecule has 0 spiro atoms. The van der Waals surface area contributed by atoms with Crippen LogP contribution in [0, 0.1) is 0 Å². The maximum Gasteiger partial charge on any atom is 0.250 e. The van der Waals surface area contributed by atoms with Crippen LogP contribution in [0.15, 0.2) is 29.8 Å². The minimum Gasteiger partial charge on any atom is -0.322 e. The molecule has 0 fully saturated rings. The van der Waals surface area contributed by atoms with E-state index in [0.717, 1.165) is 17.7 Å². The van der Waals surface area contributed by atoms with Crippen LogP contribution in [0.5, 0.6) is 0 Å². The molecule has 0 saturated heterocycles. The Morgan fingerprint density at radius 2 is 1.65 bits per heavy atom. The van der Waals surface area contributed by atoms with E-state index in [4.69, 9.17) is 0 Å². The van der Waals surface area contributed by atoms with Crippen molar-refractivity contribution in [3.05, 3.63) is 41.0 Å². The summed E-state index contributed by atoms with van der Waals surface area (Å²) >= 11 is 0. The number of allylic oxidation sites excluding steroid dienone is 1. The lowest BCUT2D eigenvalue weighted by Gasteiger charge is -2.20. The van der Waals surface area contributed by atoms with Crippen molar-refractivity contribution in [2.45, 2.75) is 59.8 Å². The lowest BCUT2D eigenvalue weighted by Crippen LogP contribution is -2.16. The molecule has 0 aliphatic carbocycles. The molecule has 0 aliphatic heterocycles. The zero-order chi connectivity index (χ0) is 15.3. The fourth-order valence-corrected chi connectivity index (χ4v) is 2.31. The smallest absolute Gasteiger partial charge is 0.250 e. The average Bonchev–Trinajstić information content (AvgIpc) is 2.38. The molecule has 1 rings (SSSR count). The number of para-hydroxylation sites is 1. The van der Waals surface area contributed by atoms with Crippen LogP contribution in [0.2, 0.25) is 0 Å². The van der Waals surface area contributed by atoms with Gasteiger partial charge in [-0.3, -0.25) is 4.79 Å². The maximum absolute atomic E-state index is 12.3. The van der Waals surface area contributed by atoms with Gasteiger partial charge in [0.2, 0.25) is 0 Å². The van der Waals surface area contributed by atoms with Crippen molar-refractivity contribution in [1.82, 2.24) is 0 Å². The topological polar surface area (TPSA) is 29.1 Å². The molecule has 2 nitrogen and oxygen atoms in total. The van der Waals surface area contributed by atoms with E-state index in [9.17, 15) is 4.79 Å². The van der Waals surface area contributed by atoms with Gasteiger partial charge in [-0.1, -0.05) is 58.9 Å². The first-order valence-corrected chi connectivity index (χ1v) is 7.49. The Morgan fingerprint density at radius 1 is 1.15 bits per heavy atom. The Balaban J connectivity index is 3.21. The summed E-state index contributed by atoms with van der Waals surface area (Å²) in [5.41, 5.74) is 4.18. The number of nitrogens with one attached hydrogen (secondary N) is 1. The highest BCUT2D eigenvalue weighted by Gasteiger charge is 2.16. The van der Waals surface area contributed by atoms with Crippen molar-refractivity contribution in [3.8, 4) is 0 Å². The summed E-state index contributed by atoms with van der Waals surface area (Å²) in [5.74, 6) is 0.778. The molecule has 0 aliphatic rings. The van der Waals surface area contributed by atoms with E-state index < -0.39 is 0 Å². The fourth-order valence-electron chi connectivity index (χ4n) is 2.31. The van der Waals surface area contributed by atoms with Crippen molar-refractivity contribution in [1.29, 1.82) is 0 Å². The highest BCUT2D eigenvalue weighted by Crippen LogP contribution is 2.32. The van der Waals surface area contributed by atoms with Crippen molar-refractivity contribution in [3.63, 3.8) is 0 Å². The summed E-state index contributed by atoms with van der Waals surface area (Å²) in [6.45, 7) is 12.5. The molecule has 0 atom stereocenters. The predicted octanol–water partition coefficient (Wildman–Crippen LogP) is 5.23. The van der Waals surface area contributed by atoms with Crippen LogP contribution in [0.1, 0.15) is 70.9 Å². The van der Waals surface area contributed by atoms with Gasteiger partial charge in [0.1, 0.15) is 0 Å². The summed E-state index contributed by atoms with van der Waals surface area (Å²) in [6.07, 6.45) is 2.84. The van der Waals surface area contributed by atoms with Crippen molar-refractivity contribution >= 4 is 11.6 Å². The van der Waals surface area contributed by atoms with Gasteiger partial charge in [0.25, 0.3) is 5.91 Å². The summed E-state index contributed by atoms with van der Waals surface area (Å²) in [5, 5.41) is 3.12. The zero-order valence-corrected chi connectivity index (χ0v) is 13.6. The molecule has 2 heteroatoms.